The average Bonchev–Trinajstić information content (AvgIpc) is 2.42. The second-order valence-corrected chi connectivity index (χ2v) is 6.25. The highest BCUT2D eigenvalue weighted by atomic mass is 15.3. The minimum atomic E-state index is 0.548. The largest absolute Gasteiger partial charge is 0.356 e. The van der Waals surface area contributed by atoms with Gasteiger partial charge in [-0.2, -0.15) is 0 Å². The first-order valence-corrected chi connectivity index (χ1v) is 7.90. The lowest BCUT2D eigenvalue weighted by molar-refractivity contribution is 0.120. The van der Waals surface area contributed by atoms with Gasteiger partial charge in [0, 0.05) is 52.4 Å². The molecule has 0 saturated carbocycles. The monoisotopic (exact) mass is 283 g/mol. The van der Waals surface area contributed by atoms with E-state index in [1.165, 1.54) is 32.6 Å². The van der Waals surface area contributed by atoms with Crippen LogP contribution in [0.2, 0.25) is 0 Å². The number of hydrogen-bond donors (Lipinski definition) is 2. The van der Waals surface area contributed by atoms with Gasteiger partial charge in [0.2, 0.25) is 0 Å². The minimum Gasteiger partial charge on any atom is -0.356 e. The topological polar surface area (TPSA) is 42.9 Å². The van der Waals surface area contributed by atoms with Crippen molar-refractivity contribution in [3.05, 3.63) is 0 Å². The van der Waals surface area contributed by atoms with Crippen LogP contribution in [-0.2, 0) is 0 Å². The van der Waals surface area contributed by atoms with Gasteiger partial charge in [-0.1, -0.05) is 13.8 Å². The van der Waals surface area contributed by atoms with Gasteiger partial charge in [-0.05, 0) is 26.3 Å². The van der Waals surface area contributed by atoms with Crippen molar-refractivity contribution in [2.75, 3.05) is 53.4 Å². The molecule has 0 aromatic carbocycles. The average molecular weight is 283 g/mol. The van der Waals surface area contributed by atoms with Crippen LogP contribution >= 0.6 is 0 Å². The van der Waals surface area contributed by atoms with Crippen molar-refractivity contribution in [2.24, 2.45) is 10.9 Å². The quantitative estimate of drug-likeness (QED) is 0.560. The molecule has 1 unspecified atom stereocenters. The number of aliphatic imine (C=N–C) groups is 1. The lowest BCUT2D eigenvalue weighted by Crippen LogP contribution is -2.52. The van der Waals surface area contributed by atoms with Gasteiger partial charge < -0.3 is 15.5 Å². The Bertz CT molecular complexity index is 282. The molecule has 0 radical (unpaired) electrons. The molecule has 20 heavy (non-hydrogen) atoms. The van der Waals surface area contributed by atoms with Crippen molar-refractivity contribution in [1.29, 1.82) is 0 Å². The third-order valence-corrected chi connectivity index (χ3v) is 3.96. The van der Waals surface area contributed by atoms with Crippen LogP contribution in [-0.4, -0.2) is 75.2 Å². The Kier molecular flexibility index (Phi) is 7.92. The summed E-state index contributed by atoms with van der Waals surface area (Å²) in [6, 6.07) is 0.548. The van der Waals surface area contributed by atoms with E-state index >= 15 is 0 Å². The predicted octanol–water partition coefficient (Wildman–Crippen LogP) is 0.833. The van der Waals surface area contributed by atoms with Crippen LogP contribution in [0, 0.1) is 5.92 Å². The van der Waals surface area contributed by atoms with E-state index in [1.54, 1.807) is 0 Å². The maximum Gasteiger partial charge on any atom is 0.191 e. The molecule has 1 aliphatic heterocycles. The van der Waals surface area contributed by atoms with E-state index in [9.17, 15) is 0 Å². The van der Waals surface area contributed by atoms with Crippen molar-refractivity contribution >= 4 is 5.96 Å². The molecule has 118 valence electrons. The van der Waals surface area contributed by atoms with Gasteiger partial charge in [0.1, 0.15) is 0 Å². The maximum atomic E-state index is 4.28. The van der Waals surface area contributed by atoms with E-state index in [4.69, 9.17) is 0 Å². The number of likely N-dealkylation sites (N-methyl/N-ethyl adjacent to an activating group) is 1. The molecule has 0 amide bonds. The fraction of sp³-hybridized carbons (Fsp3) is 0.933. The van der Waals surface area contributed by atoms with Crippen molar-refractivity contribution in [2.45, 2.75) is 33.2 Å². The molecule has 5 heteroatoms. The molecule has 0 bridgehead atoms. The van der Waals surface area contributed by atoms with E-state index in [2.05, 4.69) is 53.2 Å². The number of piperazine rings is 1. The molecule has 0 aromatic rings. The summed E-state index contributed by atoms with van der Waals surface area (Å²) in [6.07, 6.45) is 1.18. The third kappa shape index (κ3) is 6.57. The Hall–Kier alpha value is -0.810. The Morgan fingerprint density at radius 3 is 2.30 bits per heavy atom. The fourth-order valence-corrected chi connectivity index (χ4v) is 2.34. The summed E-state index contributed by atoms with van der Waals surface area (Å²) in [7, 11) is 4.03. The van der Waals surface area contributed by atoms with Crippen LogP contribution in [0.3, 0.4) is 0 Å². The highest BCUT2D eigenvalue weighted by Crippen LogP contribution is 2.04. The zero-order valence-corrected chi connectivity index (χ0v) is 13.9. The molecule has 1 heterocycles. The first-order chi connectivity index (χ1) is 9.52. The van der Waals surface area contributed by atoms with Crippen LogP contribution in [0.15, 0.2) is 4.99 Å². The second-order valence-electron chi connectivity index (χ2n) is 6.25. The summed E-state index contributed by atoms with van der Waals surface area (Å²) in [5.41, 5.74) is 0. The first kappa shape index (κ1) is 17.2. The molecule has 0 aromatic heterocycles. The van der Waals surface area contributed by atoms with Crippen LogP contribution in [0.25, 0.3) is 0 Å². The van der Waals surface area contributed by atoms with Gasteiger partial charge in [0.05, 0.1) is 0 Å². The molecule has 1 fully saturated rings. The number of nitrogens with one attached hydrogen (secondary N) is 2. The molecular formula is C15H33N5. The number of rotatable bonds is 6. The van der Waals surface area contributed by atoms with E-state index < -0.39 is 0 Å². The smallest absolute Gasteiger partial charge is 0.191 e. The Morgan fingerprint density at radius 1 is 1.10 bits per heavy atom. The molecule has 5 nitrogen and oxygen atoms in total. The lowest BCUT2D eigenvalue weighted by atomic mass is 10.1. The molecule has 1 aliphatic rings. The summed E-state index contributed by atoms with van der Waals surface area (Å²) in [4.78, 5) is 9.22. The van der Waals surface area contributed by atoms with Crippen molar-refractivity contribution in [1.82, 2.24) is 20.4 Å². The van der Waals surface area contributed by atoms with E-state index in [0.717, 1.165) is 25.0 Å². The van der Waals surface area contributed by atoms with Gasteiger partial charge in [0.15, 0.2) is 5.96 Å². The summed E-state index contributed by atoms with van der Waals surface area (Å²) < 4.78 is 0. The van der Waals surface area contributed by atoms with Crippen molar-refractivity contribution < 1.29 is 0 Å². The number of nitrogens with zero attached hydrogens (tertiary/aromatic N) is 3. The fourth-order valence-electron chi connectivity index (χ4n) is 2.34. The Labute approximate surface area is 124 Å². The maximum absolute atomic E-state index is 4.28. The zero-order valence-electron chi connectivity index (χ0n) is 13.9. The van der Waals surface area contributed by atoms with Crippen molar-refractivity contribution in [3.63, 3.8) is 0 Å². The Balaban J connectivity index is 2.22. The first-order valence-electron chi connectivity index (χ1n) is 7.90. The van der Waals surface area contributed by atoms with E-state index in [1.807, 2.05) is 7.05 Å². The van der Waals surface area contributed by atoms with E-state index in [-0.39, 0.29) is 0 Å². The SMILES string of the molecule is CN=C(NCCC(C)C)NCC(C)N1CCN(C)CC1. The van der Waals surface area contributed by atoms with Crippen molar-refractivity contribution in [3.8, 4) is 0 Å². The van der Waals surface area contributed by atoms with Crippen LogP contribution in [0.5, 0.6) is 0 Å². The lowest BCUT2D eigenvalue weighted by Gasteiger charge is -2.36. The van der Waals surface area contributed by atoms with Gasteiger partial charge in [-0.15, -0.1) is 0 Å². The van der Waals surface area contributed by atoms with Gasteiger partial charge in [-0.25, -0.2) is 0 Å². The number of hydrogen-bond acceptors (Lipinski definition) is 3. The summed E-state index contributed by atoms with van der Waals surface area (Å²) in [5, 5.41) is 6.81. The van der Waals surface area contributed by atoms with E-state index in [0.29, 0.717) is 6.04 Å². The van der Waals surface area contributed by atoms with Crippen LogP contribution in [0.1, 0.15) is 27.2 Å². The van der Waals surface area contributed by atoms with Crippen LogP contribution < -0.4 is 10.6 Å². The van der Waals surface area contributed by atoms with Gasteiger partial charge in [-0.3, -0.25) is 9.89 Å². The molecule has 2 N–H and O–H groups in total. The molecule has 0 spiro atoms. The molecule has 1 rings (SSSR count). The van der Waals surface area contributed by atoms with Gasteiger partial charge >= 0.3 is 0 Å². The molecule has 1 saturated heterocycles. The normalized spacial score (nSPS) is 20.2. The molecule has 0 aliphatic carbocycles. The second kappa shape index (κ2) is 9.19. The zero-order chi connectivity index (χ0) is 15.0. The third-order valence-electron chi connectivity index (χ3n) is 3.96. The predicted molar refractivity (Wildman–Crippen MR) is 87.4 cm³/mol. The summed E-state index contributed by atoms with van der Waals surface area (Å²) >= 11 is 0. The number of guanidine groups is 1. The molecule has 1 atom stereocenters. The Morgan fingerprint density at radius 2 is 1.75 bits per heavy atom. The standard InChI is InChI=1S/C15H33N5/c1-13(2)6-7-17-15(16-4)18-12-14(3)20-10-8-19(5)9-11-20/h13-14H,6-12H2,1-5H3,(H2,16,17,18). The minimum absolute atomic E-state index is 0.548. The molecular weight excluding hydrogens is 250 g/mol. The van der Waals surface area contributed by atoms with Crippen LogP contribution in [0.4, 0.5) is 0 Å². The summed E-state index contributed by atoms with van der Waals surface area (Å²) in [6.45, 7) is 13.4. The van der Waals surface area contributed by atoms with Gasteiger partial charge in [0.25, 0.3) is 0 Å². The highest BCUT2D eigenvalue weighted by molar-refractivity contribution is 5.79. The highest BCUT2D eigenvalue weighted by Gasteiger charge is 2.18. The summed E-state index contributed by atoms with van der Waals surface area (Å²) in [5.74, 6) is 1.65.